The Hall–Kier alpha value is -3.79. The number of hydrogen-bond donors (Lipinski definition) is 2. The molecule has 0 aliphatic carbocycles. The Bertz CT molecular complexity index is 1320. The highest BCUT2D eigenvalue weighted by Crippen LogP contribution is 2.30. The number of fused-ring (bicyclic) bond motifs is 2. The molecule has 162 valence electrons. The molecule has 0 saturated heterocycles. The second-order valence-corrected chi connectivity index (χ2v) is 8.05. The Morgan fingerprint density at radius 3 is 2.78 bits per heavy atom. The van der Waals surface area contributed by atoms with E-state index in [0.717, 1.165) is 17.4 Å². The summed E-state index contributed by atoms with van der Waals surface area (Å²) in [6.07, 6.45) is 1.22. The Morgan fingerprint density at radius 2 is 1.94 bits per heavy atom. The molecule has 2 aromatic heterocycles. The van der Waals surface area contributed by atoms with Crippen molar-refractivity contribution in [3.63, 3.8) is 0 Å². The van der Waals surface area contributed by atoms with E-state index >= 15 is 0 Å². The summed E-state index contributed by atoms with van der Waals surface area (Å²) in [5.41, 5.74) is 0.936. The van der Waals surface area contributed by atoms with Crippen molar-refractivity contribution >= 4 is 28.7 Å². The smallest absolute Gasteiger partial charge is 0.262 e. The summed E-state index contributed by atoms with van der Waals surface area (Å²) in [5.74, 6) is 1.26. The summed E-state index contributed by atoms with van der Waals surface area (Å²) in [4.78, 5) is 32.0. The molecule has 0 radical (unpaired) electrons. The van der Waals surface area contributed by atoms with Crippen LogP contribution in [0.15, 0.2) is 70.7 Å². The molecule has 0 saturated carbocycles. The number of aromatic nitrogens is 4. The maximum Gasteiger partial charge on any atom is 0.262 e. The van der Waals surface area contributed by atoms with Gasteiger partial charge in [0.15, 0.2) is 22.3 Å². The molecule has 0 unspecified atom stereocenters. The fourth-order valence-electron chi connectivity index (χ4n) is 3.30. The van der Waals surface area contributed by atoms with E-state index in [2.05, 4.69) is 20.4 Å². The zero-order valence-corrected chi connectivity index (χ0v) is 17.7. The van der Waals surface area contributed by atoms with E-state index in [0.29, 0.717) is 40.8 Å². The number of aromatic amines is 1. The maximum atomic E-state index is 12.4. The van der Waals surface area contributed by atoms with Gasteiger partial charge in [-0.05, 0) is 24.3 Å². The minimum Gasteiger partial charge on any atom is -0.486 e. The van der Waals surface area contributed by atoms with E-state index in [-0.39, 0.29) is 23.3 Å². The molecule has 1 amide bonds. The van der Waals surface area contributed by atoms with Gasteiger partial charge in [-0.2, -0.15) is 5.10 Å². The van der Waals surface area contributed by atoms with Crippen molar-refractivity contribution in [1.29, 1.82) is 0 Å². The summed E-state index contributed by atoms with van der Waals surface area (Å²) in [5, 5.41) is 7.85. The van der Waals surface area contributed by atoms with Crippen LogP contribution in [0.2, 0.25) is 0 Å². The number of hydrogen-bond acceptors (Lipinski definition) is 7. The van der Waals surface area contributed by atoms with Crippen molar-refractivity contribution in [2.75, 3.05) is 18.9 Å². The van der Waals surface area contributed by atoms with Crippen molar-refractivity contribution in [2.45, 2.75) is 11.3 Å². The van der Waals surface area contributed by atoms with Gasteiger partial charge < -0.3 is 19.8 Å². The van der Waals surface area contributed by atoms with Crippen molar-refractivity contribution in [1.82, 2.24) is 25.1 Å². The molecule has 2 aromatic carbocycles. The zero-order valence-electron chi connectivity index (χ0n) is 16.9. The number of nitrogens with one attached hydrogen (secondary N) is 2. The lowest BCUT2D eigenvalue weighted by molar-refractivity contribution is -0.119. The molecule has 0 bridgehead atoms. The normalized spacial score (nSPS) is 14.9. The first-order valence-corrected chi connectivity index (χ1v) is 11.0. The standard InChI is InChI=1S/C22H19N5O4S/c28-19(23-10-15-12-30-17-8-4-5-9-18(17)31-15)13-32-22-25-20-16(21(29)26-22)11-24-27(20)14-6-2-1-3-7-14/h1-9,11,15H,10,12-13H2,(H,23,28)(H,25,26,29)/t15-/m1/s1. The van der Waals surface area contributed by atoms with Gasteiger partial charge in [0.25, 0.3) is 5.56 Å². The molecule has 10 heteroatoms. The first kappa shape index (κ1) is 20.1. The van der Waals surface area contributed by atoms with E-state index in [9.17, 15) is 9.59 Å². The van der Waals surface area contributed by atoms with Crippen LogP contribution in [0.1, 0.15) is 0 Å². The Kier molecular flexibility index (Phi) is 5.51. The van der Waals surface area contributed by atoms with Crippen LogP contribution >= 0.6 is 11.8 Å². The molecule has 3 heterocycles. The summed E-state index contributed by atoms with van der Waals surface area (Å²) < 4.78 is 13.1. The second-order valence-electron chi connectivity index (χ2n) is 7.09. The van der Waals surface area contributed by atoms with Gasteiger partial charge in [0.1, 0.15) is 18.1 Å². The van der Waals surface area contributed by atoms with Crippen LogP contribution in [-0.2, 0) is 4.79 Å². The molecule has 4 aromatic rings. The lowest BCUT2D eigenvalue weighted by atomic mass is 10.2. The number of thioether (sulfide) groups is 1. The van der Waals surface area contributed by atoms with Gasteiger partial charge in [0.05, 0.1) is 24.2 Å². The van der Waals surface area contributed by atoms with Crippen LogP contribution in [0.25, 0.3) is 16.7 Å². The Balaban J connectivity index is 1.22. The minimum absolute atomic E-state index is 0.0953. The number of amides is 1. The van der Waals surface area contributed by atoms with E-state index in [1.807, 2.05) is 54.6 Å². The number of carbonyl (C=O) groups is 1. The quantitative estimate of drug-likeness (QED) is 0.343. The van der Waals surface area contributed by atoms with Crippen molar-refractivity contribution in [3.05, 3.63) is 71.1 Å². The molecule has 1 aliphatic rings. The van der Waals surface area contributed by atoms with Crippen LogP contribution < -0.4 is 20.3 Å². The van der Waals surface area contributed by atoms with Crippen molar-refractivity contribution < 1.29 is 14.3 Å². The number of carbonyl (C=O) groups excluding carboxylic acids is 1. The SMILES string of the molecule is O=C(CSc1nc2c(cnn2-c2ccccc2)c(=O)[nH]1)NC[C@@H]1COc2ccccc2O1. The summed E-state index contributed by atoms with van der Waals surface area (Å²) >= 11 is 1.15. The molecule has 32 heavy (non-hydrogen) atoms. The van der Waals surface area contributed by atoms with E-state index in [1.54, 1.807) is 4.68 Å². The number of nitrogens with zero attached hydrogens (tertiary/aromatic N) is 3. The third-order valence-corrected chi connectivity index (χ3v) is 5.72. The highest BCUT2D eigenvalue weighted by Gasteiger charge is 2.21. The molecule has 9 nitrogen and oxygen atoms in total. The first-order valence-electron chi connectivity index (χ1n) is 9.99. The van der Waals surface area contributed by atoms with Gasteiger partial charge >= 0.3 is 0 Å². The van der Waals surface area contributed by atoms with E-state index < -0.39 is 0 Å². The van der Waals surface area contributed by atoms with Gasteiger partial charge in [0.2, 0.25) is 5.91 Å². The van der Waals surface area contributed by atoms with Gasteiger partial charge in [-0.3, -0.25) is 9.59 Å². The molecule has 1 atom stereocenters. The van der Waals surface area contributed by atoms with Crippen LogP contribution in [0.3, 0.4) is 0 Å². The monoisotopic (exact) mass is 449 g/mol. The number of ether oxygens (including phenoxy) is 2. The number of H-pyrrole nitrogens is 1. The predicted octanol–water partition coefficient (Wildman–Crippen LogP) is 2.16. The molecule has 0 spiro atoms. The maximum absolute atomic E-state index is 12.4. The number of para-hydroxylation sites is 3. The molecule has 2 N–H and O–H groups in total. The minimum atomic E-state index is -0.300. The molecule has 5 rings (SSSR count). The predicted molar refractivity (Wildman–Crippen MR) is 120 cm³/mol. The topological polar surface area (TPSA) is 111 Å². The van der Waals surface area contributed by atoms with Gasteiger partial charge in [-0.1, -0.05) is 42.1 Å². The molecular weight excluding hydrogens is 430 g/mol. The highest BCUT2D eigenvalue weighted by molar-refractivity contribution is 7.99. The van der Waals surface area contributed by atoms with E-state index in [4.69, 9.17) is 9.47 Å². The summed E-state index contributed by atoms with van der Waals surface area (Å²) in [6.45, 7) is 0.678. The Labute approximate surface area is 186 Å². The first-order chi connectivity index (χ1) is 15.7. The fraction of sp³-hybridized carbons (Fsp3) is 0.182. The molecule has 0 fully saturated rings. The number of rotatable bonds is 6. The van der Waals surface area contributed by atoms with Crippen molar-refractivity contribution in [2.24, 2.45) is 0 Å². The van der Waals surface area contributed by atoms with Crippen LogP contribution in [0.4, 0.5) is 0 Å². The average molecular weight is 449 g/mol. The van der Waals surface area contributed by atoms with E-state index in [1.165, 1.54) is 6.20 Å². The fourth-order valence-corrected chi connectivity index (χ4v) is 3.99. The van der Waals surface area contributed by atoms with Crippen LogP contribution in [0.5, 0.6) is 11.5 Å². The Morgan fingerprint density at radius 1 is 1.16 bits per heavy atom. The third-order valence-electron chi connectivity index (χ3n) is 4.85. The van der Waals surface area contributed by atoms with Gasteiger partial charge in [-0.15, -0.1) is 0 Å². The highest BCUT2D eigenvalue weighted by atomic mass is 32.2. The largest absolute Gasteiger partial charge is 0.486 e. The lowest BCUT2D eigenvalue weighted by Gasteiger charge is -2.26. The van der Waals surface area contributed by atoms with Crippen LogP contribution in [0, 0.1) is 0 Å². The second kappa shape index (κ2) is 8.75. The zero-order chi connectivity index (χ0) is 21.9. The third kappa shape index (κ3) is 4.17. The average Bonchev–Trinajstić information content (AvgIpc) is 3.26. The molecule has 1 aliphatic heterocycles. The van der Waals surface area contributed by atoms with Gasteiger partial charge in [0, 0.05) is 0 Å². The van der Waals surface area contributed by atoms with Gasteiger partial charge in [-0.25, -0.2) is 9.67 Å². The van der Waals surface area contributed by atoms with Crippen molar-refractivity contribution in [3.8, 4) is 17.2 Å². The van der Waals surface area contributed by atoms with Crippen LogP contribution in [-0.4, -0.2) is 50.7 Å². The molecular formula is C22H19N5O4S. The summed E-state index contributed by atoms with van der Waals surface area (Å²) in [6, 6.07) is 16.9. The number of benzene rings is 2. The lowest BCUT2D eigenvalue weighted by Crippen LogP contribution is -2.41. The summed E-state index contributed by atoms with van der Waals surface area (Å²) in [7, 11) is 0.